The van der Waals surface area contributed by atoms with Crippen molar-refractivity contribution in [3.8, 4) is 5.75 Å². The topological polar surface area (TPSA) is 70.1 Å². The maximum atomic E-state index is 9.22. The van der Waals surface area contributed by atoms with Crippen LogP contribution < -0.4 is 5.73 Å². The number of rotatable bonds is 3. The van der Waals surface area contributed by atoms with Crippen LogP contribution in [0.5, 0.6) is 5.75 Å². The molecule has 0 saturated heterocycles. The normalized spacial score (nSPS) is 11.4. The van der Waals surface area contributed by atoms with E-state index in [0.29, 0.717) is 17.8 Å². The molecule has 0 spiro atoms. The van der Waals surface area contributed by atoms with Gasteiger partial charge < -0.3 is 16.2 Å². The van der Waals surface area contributed by atoms with Crippen molar-refractivity contribution >= 4 is 11.4 Å². The van der Waals surface area contributed by atoms with E-state index in [9.17, 15) is 5.11 Å². The maximum absolute atomic E-state index is 9.22. The molecule has 74 valence electrons. The minimum atomic E-state index is 0.182. The molecule has 1 aromatic carbocycles. The van der Waals surface area contributed by atoms with E-state index >= 15 is 0 Å². The van der Waals surface area contributed by atoms with Gasteiger partial charge in [-0.1, -0.05) is 19.1 Å². The zero-order valence-corrected chi connectivity index (χ0v) is 8.12. The molecule has 1 aromatic rings. The molecule has 3 heteroatoms. The fraction of sp³-hybridized carbons (Fsp3) is 0.182. The van der Waals surface area contributed by atoms with Crippen molar-refractivity contribution in [2.45, 2.75) is 13.3 Å². The van der Waals surface area contributed by atoms with E-state index in [1.807, 2.05) is 6.92 Å². The van der Waals surface area contributed by atoms with Crippen molar-refractivity contribution in [1.82, 2.24) is 0 Å². The van der Waals surface area contributed by atoms with Crippen molar-refractivity contribution in [2.75, 3.05) is 0 Å². The Morgan fingerprint density at radius 3 is 2.86 bits per heavy atom. The minimum Gasteiger partial charge on any atom is -0.508 e. The number of nitrogens with two attached hydrogens (primary N) is 1. The number of allylic oxidation sites excluding steroid dienone is 1. The van der Waals surface area contributed by atoms with Gasteiger partial charge in [0.1, 0.15) is 5.75 Å². The summed E-state index contributed by atoms with van der Waals surface area (Å²) in [6.07, 6.45) is 2.26. The molecule has 14 heavy (non-hydrogen) atoms. The van der Waals surface area contributed by atoms with Gasteiger partial charge in [-0.15, -0.1) is 0 Å². The van der Waals surface area contributed by atoms with E-state index in [1.54, 1.807) is 30.3 Å². The first kappa shape index (κ1) is 10.3. The summed E-state index contributed by atoms with van der Waals surface area (Å²) in [5, 5.41) is 16.7. The average Bonchev–Trinajstić information content (AvgIpc) is 2.17. The van der Waals surface area contributed by atoms with Crippen LogP contribution in [0.4, 0.5) is 0 Å². The van der Waals surface area contributed by atoms with Crippen LogP contribution in [0.15, 0.2) is 30.3 Å². The van der Waals surface area contributed by atoms with E-state index in [2.05, 4.69) is 0 Å². The second-order valence-electron chi connectivity index (χ2n) is 3.03. The minimum absolute atomic E-state index is 0.182. The summed E-state index contributed by atoms with van der Waals surface area (Å²) < 4.78 is 0. The number of nitrogens with one attached hydrogen (secondary N) is 1. The molecule has 0 amide bonds. The molecule has 0 aliphatic heterocycles. The summed E-state index contributed by atoms with van der Waals surface area (Å²) in [6.45, 7) is 1.90. The second-order valence-corrected chi connectivity index (χ2v) is 3.03. The highest BCUT2D eigenvalue weighted by molar-refractivity contribution is 5.98. The third-order valence-electron chi connectivity index (χ3n) is 1.89. The van der Waals surface area contributed by atoms with Crippen LogP contribution in [-0.2, 0) is 0 Å². The highest BCUT2D eigenvalue weighted by Gasteiger charge is 1.98. The van der Waals surface area contributed by atoms with E-state index in [-0.39, 0.29) is 5.75 Å². The average molecular weight is 190 g/mol. The first-order chi connectivity index (χ1) is 6.63. The zero-order valence-electron chi connectivity index (χ0n) is 8.12. The lowest BCUT2D eigenvalue weighted by Crippen LogP contribution is -2.00. The molecule has 0 fully saturated rings. The first-order valence-electron chi connectivity index (χ1n) is 4.47. The molecule has 0 aliphatic rings. The molecule has 0 atom stereocenters. The fourth-order valence-corrected chi connectivity index (χ4v) is 1.06. The lowest BCUT2D eigenvalue weighted by molar-refractivity contribution is 0.475. The molecule has 0 bridgehead atoms. The Kier molecular flexibility index (Phi) is 3.29. The SMILES string of the molecule is CCC(=N)/C=C(\N)c1cccc(O)c1. The van der Waals surface area contributed by atoms with Crippen LogP contribution in [0.1, 0.15) is 18.9 Å². The zero-order chi connectivity index (χ0) is 10.6. The Morgan fingerprint density at radius 2 is 2.29 bits per heavy atom. The molecule has 0 unspecified atom stereocenters. The highest BCUT2D eigenvalue weighted by Crippen LogP contribution is 2.15. The fourth-order valence-electron chi connectivity index (χ4n) is 1.06. The predicted octanol–water partition coefficient (Wildman–Crippen LogP) is 2.12. The lowest BCUT2D eigenvalue weighted by atomic mass is 10.1. The number of benzene rings is 1. The lowest BCUT2D eigenvalue weighted by Gasteiger charge is -2.02. The number of hydrogen-bond acceptors (Lipinski definition) is 3. The van der Waals surface area contributed by atoms with Gasteiger partial charge in [-0.3, -0.25) is 0 Å². The van der Waals surface area contributed by atoms with Gasteiger partial charge >= 0.3 is 0 Å². The van der Waals surface area contributed by atoms with Crippen molar-refractivity contribution < 1.29 is 5.11 Å². The summed E-state index contributed by atoms with van der Waals surface area (Å²) >= 11 is 0. The van der Waals surface area contributed by atoms with Gasteiger partial charge in [0, 0.05) is 17.0 Å². The van der Waals surface area contributed by atoms with Crippen molar-refractivity contribution in [1.29, 1.82) is 5.41 Å². The Hall–Kier alpha value is -1.77. The Balaban J connectivity index is 2.94. The molecule has 0 aliphatic carbocycles. The van der Waals surface area contributed by atoms with Gasteiger partial charge in [0.25, 0.3) is 0 Å². The summed E-state index contributed by atoms with van der Waals surface area (Å²) in [5.74, 6) is 0.182. The van der Waals surface area contributed by atoms with Gasteiger partial charge in [0.05, 0.1) is 0 Å². The number of aromatic hydroxyl groups is 1. The molecular formula is C11H14N2O. The molecule has 1 rings (SSSR count). The monoisotopic (exact) mass is 190 g/mol. The molecule has 0 aromatic heterocycles. The van der Waals surface area contributed by atoms with Crippen LogP contribution in [0.3, 0.4) is 0 Å². The van der Waals surface area contributed by atoms with E-state index in [1.165, 1.54) is 0 Å². The maximum Gasteiger partial charge on any atom is 0.116 e. The van der Waals surface area contributed by atoms with E-state index in [4.69, 9.17) is 11.1 Å². The number of hydrogen-bond donors (Lipinski definition) is 3. The van der Waals surface area contributed by atoms with Gasteiger partial charge in [-0.2, -0.15) is 0 Å². The molecule has 0 saturated carbocycles. The molecule has 0 heterocycles. The van der Waals surface area contributed by atoms with Gasteiger partial charge in [0.15, 0.2) is 0 Å². The molecule has 4 N–H and O–H groups in total. The van der Waals surface area contributed by atoms with Gasteiger partial charge in [-0.05, 0) is 24.6 Å². The molecular weight excluding hydrogens is 176 g/mol. The second kappa shape index (κ2) is 4.46. The summed E-state index contributed by atoms with van der Waals surface area (Å²) in [4.78, 5) is 0. The van der Waals surface area contributed by atoms with Crippen LogP contribution in [-0.4, -0.2) is 10.8 Å². The number of phenolic OH excluding ortho intramolecular Hbond substituents is 1. The quantitative estimate of drug-likeness (QED) is 0.639. The van der Waals surface area contributed by atoms with Crippen LogP contribution >= 0.6 is 0 Å². The highest BCUT2D eigenvalue weighted by atomic mass is 16.3. The van der Waals surface area contributed by atoms with Crippen LogP contribution in [0.2, 0.25) is 0 Å². The summed E-state index contributed by atoms with van der Waals surface area (Å²) in [7, 11) is 0. The van der Waals surface area contributed by atoms with Crippen molar-refractivity contribution in [2.24, 2.45) is 5.73 Å². The third kappa shape index (κ3) is 2.62. The Bertz CT molecular complexity index is 369. The summed E-state index contributed by atoms with van der Waals surface area (Å²) in [5.41, 5.74) is 7.47. The van der Waals surface area contributed by atoms with Crippen molar-refractivity contribution in [3.63, 3.8) is 0 Å². The smallest absolute Gasteiger partial charge is 0.116 e. The largest absolute Gasteiger partial charge is 0.508 e. The van der Waals surface area contributed by atoms with Crippen molar-refractivity contribution in [3.05, 3.63) is 35.9 Å². The third-order valence-corrected chi connectivity index (χ3v) is 1.89. The Labute approximate surface area is 83.4 Å². The predicted molar refractivity (Wildman–Crippen MR) is 58.3 cm³/mol. The van der Waals surface area contributed by atoms with Gasteiger partial charge in [-0.25, -0.2) is 0 Å². The van der Waals surface area contributed by atoms with Crippen LogP contribution in [0.25, 0.3) is 5.70 Å². The van der Waals surface area contributed by atoms with Crippen LogP contribution in [0, 0.1) is 5.41 Å². The standard InChI is InChI=1S/C11H14N2O/c1-2-9(12)7-11(13)8-4-3-5-10(14)6-8/h3-7,12,14H,2,13H2,1H3/b11-7-,12-9?. The Morgan fingerprint density at radius 1 is 1.57 bits per heavy atom. The molecule has 3 nitrogen and oxygen atoms in total. The first-order valence-corrected chi connectivity index (χ1v) is 4.47. The van der Waals surface area contributed by atoms with E-state index < -0.39 is 0 Å². The number of phenols is 1. The van der Waals surface area contributed by atoms with E-state index in [0.717, 1.165) is 5.56 Å². The molecule has 0 radical (unpaired) electrons. The summed E-state index contributed by atoms with van der Waals surface area (Å²) in [6, 6.07) is 6.69. The van der Waals surface area contributed by atoms with Gasteiger partial charge in [0.2, 0.25) is 0 Å².